The van der Waals surface area contributed by atoms with Crippen molar-refractivity contribution in [3.63, 3.8) is 0 Å². The van der Waals surface area contributed by atoms with E-state index in [4.69, 9.17) is 11.6 Å². The lowest BCUT2D eigenvalue weighted by atomic mass is 10.1. The number of carboxylic acids is 1. The van der Waals surface area contributed by atoms with E-state index in [0.717, 1.165) is 24.8 Å². The Balaban J connectivity index is 1.83. The summed E-state index contributed by atoms with van der Waals surface area (Å²) in [6, 6.07) is 17.0. The standard InChI is InChI=1S/C22H25ClO4S/c23-20-15-13-19(14-16-20)11-7-17-28(26,27)21(22(24)25)12-6-2-5-10-18-8-3-1-4-9-18/h1,3-4,7-9,11,13-16,21H,2,5-6,10,12,17H2,(H,24,25)/b11-7+. The molecule has 1 atom stereocenters. The van der Waals surface area contributed by atoms with Crippen LogP contribution in [0.3, 0.4) is 0 Å². The van der Waals surface area contributed by atoms with E-state index in [9.17, 15) is 18.3 Å². The van der Waals surface area contributed by atoms with E-state index in [0.29, 0.717) is 11.4 Å². The number of carboxylic acid groups (broad SMARTS) is 1. The van der Waals surface area contributed by atoms with E-state index in [2.05, 4.69) is 12.1 Å². The van der Waals surface area contributed by atoms with Crippen LogP contribution in [0.2, 0.25) is 5.02 Å². The predicted molar refractivity (Wildman–Crippen MR) is 114 cm³/mol. The van der Waals surface area contributed by atoms with Gasteiger partial charge in [0.15, 0.2) is 15.1 Å². The number of unbranched alkanes of at least 4 members (excludes halogenated alkanes) is 2. The van der Waals surface area contributed by atoms with Gasteiger partial charge in [0.05, 0.1) is 5.75 Å². The Kier molecular flexibility index (Phi) is 8.74. The second-order valence-corrected chi connectivity index (χ2v) is 9.36. The Hall–Kier alpha value is -2.11. The molecule has 0 saturated heterocycles. The quantitative estimate of drug-likeness (QED) is 0.518. The molecule has 6 heteroatoms. The summed E-state index contributed by atoms with van der Waals surface area (Å²) in [4.78, 5) is 11.5. The largest absolute Gasteiger partial charge is 0.480 e. The van der Waals surface area contributed by atoms with Crippen molar-refractivity contribution < 1.29 is 18.3 Å². The first-order valence-corrected chi connectivity index (χ1v) is 11.4. The van der Waals surface area contributed by atoms with Crippen LogP contribution >= 0.6 is 11.6 Å². The van der Waals surface area contributed by atoms with Crippen molar-refractivity contribution in [1.82, 2.24) is 0 Å². The van der Waals surface area contributed by atoms with Crippen LogP contribution in [0.1, 0.15) is 36.8 Å². The average molecular weight is 421 g/mol. The first-order chi connectivity index (χ1) is 13.4. The highest BCUT2D eigenvalue weighted by Gasteiger charge is 2.30. The summed E-state index contributed by atoms with van der Waals surface area (Å²) >= 11 is 5.82. The monoisotopic (exact) mass is 420 g/mol. The van der Waals surface area contributed by atoms with Gasteiger partial charge in [-0.15, -0.1) is 0 Å². The van der Waals surface area contributed by atoms with Crippen LogP contribution in [0.5, 0.6) is 0 Å². The average Bonchev–Trinajstić information content (AvgIpc) is 2.66. The number of rotatable bonds is 11. The highest BCUT2D eigenvalue weighted by atomic mass is 35.5. The van der Waals surface area contributed by atoms with E-state index in [1.807, 2.05) is 18.2 Å². The molecule has 2 aromatic rings. The number of halogens is 1. The number of hydrogen-bond acceptors (Lipinski definition) is 3. The summed E-state index contributed by atoms with van der Waals surface area (Å²) < 4.78 is 24.9. The molecule has 0 spiro atoms. The molecule has 1 N–H and O–H groups in total. The van der Waals surface area contributed by atoms with Gasteiger partial charge < -0.3 is 5.11 Å². The third-order valence-corrected chi connectivity index (χ3v) is 6.71. The van der Waals surface area contributed by atoms with Gasteiger partial charge >= 0.3 is 5.97 Å². The number of benzene rings is 2. The SMILES string of the molecule is O=C(O)C(CCCCCc1ccccc1)S(=O)(=O)C/C=C/c1ccc(Cl)cc1. The molecule has 4 nitrogen and oxygen atoms in total. The summed E-state index contributed by atoms with van der Waals surface area (Å²) in [5.41, 5.74) is 2.05. The molecule has 0 fully saturated rings. The molecule has 150 valence electrons. The number of hydrogen-bond donors (Lipinski definition) is 1. The maximum atomic E-state index is 12.4. The van der Waals surface area contributed by atoms with Crippen molar-refractivity contribution in [3.05, 3.63) is 76.8 Å². The van der Waals surface area contributed by atoms with Gasteiger partial charge in [-0.05, 0) is 42.5 Å². The third kappa shape index (κ3) is 7.49. The molecule has 2 aromatic carbocycles. The smallest absolute Gasteiger partial charge is 0.321 e. The fraction of sp³-hybridized carbons (Fsp3) is 0.318. The zero-order valence-corrected chi connectivity index (χ0v) is 17.2. The molecule has 0 aliphatic carbocycles. The van der Waals surface area contributed by atoms with Gasteiger partial charge in [0.25, 0.3) is 0 Å². The minimum atomic E-state index is -3.75. The number of sulfone groups is 1. The fourth-order valence-electron chi connectivity index (χ4n) is 2.95. The highest BCUT2D eigenvalue weighted by Crippen LogP contribution is 2.16. The summed E-state index contributed by atoms with van der Waals surface area (Å²) in [5, 5.41) is 8.61. The van der Waals surface area contributed by atoms with Crippen LogP contribution in [-0.2, 0) is 21.1 Å². The Bertz CT molecular complexity index is 875. The molecule has 0 amide bonds. The lowest BCUT2D eigenvalue weighted by Gasteiger charge is -2.12. The van der Waals surface area contributed by atoms with Gasteiger partial charge in [0.2, 0.25) is 0 Å². The first-order valence-electron chi connectivity index (χ1n) is 9.29. The molecular formula is C22H25ClO4S. The minimum absolute atomic E-state index is 0.140. The van der Waals surface area contributed by atoms with E-state index >= 15 is 0 Å². The van der Waals surface area contributed by atoms with E-state index < -0.39 is 21.1 Å². The van der Waals surface area contributed by atoms with Crippen LogP contribution in [0.15, 0.2) is 60.7 Å². The number of aryl methyl sites for hydroxylation is 1. The normalized spacial score (nSPS) is 12.9. The van der Waals surface area contributed by atoms with Crippen LogP contribution < -0.4 is 0 Å². The molecule has 0 heterocycles. The summed E-state index contributed by atoms with van der Waals surface area (Å²) in [6.45, 7) is 0. The molecule has 0 radical (unpaired) electrons. The van der Waals surface area contributed by atoms with Gasteiger partial charge in [-0.3, -0.25) is 4.79 Å². The Labute approximate surface area is 171 Å². The van der Waals surface area contributed by atoms with E-state index in [1.165, 1.54) is 11.6 Å². The number of carbonyl (C=O) groups is 1. The Morgan fingerprint density at radius 2 is 1.68 bits per heavy atom. The van der Waals surface area contributed by atoms with Gasteiger partial charge in [0, 0.05) is 5.02 Å². The van der Waals surface area contributed by atoms with Crippen LogP contribution in [0.4, 0.5) is 0 Å². The Morgan fingerprint density at radius 1 is 1.00 bits per heavy atom. The lowest BCUT2D eigenvalue weighted by molar-refractivity contribution is -0.136. The summed E-state index contributed by atoms with van der Waals surface area (Å²) in [5.74, 6) is -1.57. The van der Waals surface area contributed by atoms with Crippen LogP contribution in [-0.4, -0.2) is 30.5 Å². The number of aliphatic carboxylic acids is 1. The van der Waals surface area contributed by atoms with Crippen molar-refractivity contribution in [2.24, 2.45) is 0 Å². The molecule has 1 unspecified atom stereocenters. The molecule has 0 aromatic heterocycles. The molecule has 0 saturated carbocycles. The summed E-state index contributed by atoms with van der Waals surface area (Å²) in [6.07, 6.45) is 6.48. The fourth-order valence-corrected chi connectivity index (χ4v) is 4.50. The molecule has 28 heavy (non-hydrogen) atoms. The lowest BCUT2D eigenvalue weighted by Crippen LogP contribution is -2.31. The molecule has 0 aliphatic heterocycles. The molecule has 0 aliphatic rings. The molecular weight excluding hydrogens is 396 g/mol. The minimum Gasteiger partial charge on any atom is -0.480 e. The third-order valence-electron chi connectivity index (χ3n) is 4.49. The Morgan fingerprint density at radius 3 is 2.32 bits per heavy atom. The predicted octanol–water partition coefficient (Wildman–Crippen LogP) is 5.02. The van der Waals surface area contributed by atoms with E-state index in [1.54, 1.807) is 30.3 Å². The first kappa shape index (κ1) is 22.2. The van der Waals surface area contributed by atoms with Gasteiger partial charge in [-0.25, -0.2) is 8.42 Å². The second kappa shape index (κ2) is 11.0. The van der Waals surface area contributed by atoms with Crippen molar-refractivity contribution in [2.75, 3.05) is 5.75 Å². The maximum Gasteiger partial charge on any atom is 0.321 e. The highest BCUT2D eigenvalue weighted by molar-refractivity contribution is 7.92. The van der Waals surface area contributed by atoms with Crippen LogP contribution in [0.25, 0.3) is 6.08 Å². The van der Waals surface area contributed by atoms with Gasteiger partial charge in [-0.2, -0.15) is 0 Å². The van der Waals surface area contributed by atoms with Crippen molar-refractivity contribution in [1.29, 1.82) is 0 Å². The van der Waals surface area contributed by atoms with E-state index in [-0.39, 0.29) is 12.2 Å². The second-order valence-electron chi connectivity index (χ2n) is 6.70. The zero-order valence-electron chi connectivity index (χ0n) is 15.6. The molecule has 0 bridgehead atoms. The van der Waals surface area contributed by atoms with Crippen molar-refractivity contribution in [2.45, 2.75) is 37.4 Å². The van der Waals surface area contributed by atoms with Crippen molar-refractivity contribution >= 4 is 33.5 Å². The van der Waals surface area contributed by atoms with Crippen LogP contribution in [0, 0.1) is 0 Å². The van der Waals surface area contributed by atoms with Gasteiger partial charge in [0.1, 0.15) is 0 Å². The summed E-state index contributed by atoms with van der Waals surface area (Å²) in [7, 11) is -3.75. The topological polar surface area (TPSA) is 71.4 Å². The maximum absolute atomic E-state index is 12.4. The zero-order chi connectivity index (χ0) is 20.4. The van der Waals surface area contributed by atoms with Gasteiger partial charge in [-0.1, -0.05) is 79.1 Å². The molecule has 2 rings (SSSR count). The van der Waals surface area contributed by atoms with Crippen molar-refractivity contribution in [3.8, 4) is 0 Å².